The lowest BCUT2D eigenvalue weighted by Crippen LogP contribution is -2.37. The summed E-state index contributed by atoms with van der Waals surface area (Å²) in [5.74, 6) is 0.620. The molecule has 0 aliphatic carbocycles. The lowest BCUT2D eigenvalue weighted by Gasteiger charge is -2.28. The lowest BCUT2D eigenvalue weighted by molar-refractivity contribution is 0.120. The zero-order valence-electron chi connectivity index (χ0n) is 19.5. The number of nitrogens with zero attached hydrogens (tertiary/aromatic N) is 3. The number of benzene rings is 2. The number of rotatable bonds is 8. The van der Waals surface area contributed by atoms with Gasteiger partial charge in [0.25, 0.3) is 0 Å². The van der Waals surface area contributed by atoms with Gasteiger partial charge < -0.3 is 14.2 Å². The van der Waals surface area contributed by atoms with Crippen LogP contribution in [-0.4, -0.2) is 50.7 Å². The van der Waals surface area contributed by atoms with Gasteiger partial charge in [0.05, 0.1) is 23.7 Å². The van der Waals surface area contributed by atoms with Crippen molar-refractivity contribution >= 4 is 15.9 Å². The molecule has 0 bridgehead atoms. The molecule has 33 heavy (non-hydrogen) atoms. The van der Waals surface area contributed by atoms with Crippen LogP contribution in [0, 0.1) is 13.8 Å². The summed E-state index contributed by atoms with van der Waals surface area (Å²) in [7, 11) is -3.69. The first-order valence-corrected chi connectivity index (χ1v) is 12.8. The molecule has 1 aliphatic rings. The molecule has 4 rings (SSSR count). The molecule has 1 aromatic heterocycles. The van der Waals surface area contributed by atoms with Crippen molar-refractivity contribution in [3.63, 3.8) is 0 Å². The molecule has 1 aliphatic heterocycles. The van der Waals surface area contributed by atoms with E-state index in [-0.39, 0.29) is 6.54 Å². The summed E-state index contributed by atoms with van der Waals surface area (Å²) < 4.78 is 40.1. The molecule has 0 radical (unpaired) electrons. The van der Waals surface area contributed by atoms with Crippen LogP contribution in [0.25, 0.3) is 11.3 Å². The number of hydrogen-bond acceptors (Lipinski definition) is 6. The molecule has 2 aromatic carbocycles. The Bertz CT molecular complexity index is 1180. The van der Waals surface area contributed by atoms with Gasteiger partial charge >= 0.3 is 0 Å². The molecule has 0 atom stereocenters. The van der Waals surface area contributed by atoms with Gasteiger partial charge in [-0.3, -0.25) is 0 Å². The third-order valence-electron chi connectivity index (χ3n) is 5.82. The normalized spacial score (nSPS) is 14.7. The standard InChI is InChI=1S/C25H31N3O4S/c1-4-12-28(33(29,30)22-10-8-19(2)9-11-22)18-23-24(21-7-5-6-20(3)17-21)26-32-25(23)27-13-15-31-16-14-27/h5-11,17H,4,12-16,18H2,1-3H3. The van der Waals surface area contributed by atoms with Crippen molar-refractivity contribution in [1.82, 2.24) is 9.46 Å². The molecule has 0 unspecified atom stereocenters. The zero-order chi connectivity index (χ0) is 23.4. The summed E-state index contributed by atoms with van der Waals surface area (Å²) in [6, 6.07) is 15.0. The molecular formula is C25H31N3O4S. The third-order valence-corrected chi connectivity index (χ3v) is 7.68. The van der Waals surface area contributed by atoms with E-state index in [1.54, 1.807) is 12.1 Å². The van der Waals surface area contributed by atoms with Gasteiger partial charge in [-0.1, -0.05) is 53.5 Å². The maximum Gasteiger partial charge on any atom is 0.243 e. The van der Waals surface area contributed by atoms with Crippen LogP contribution in [0.1, 0.15) is 30.0 Å². The third kappa shape index (κ3) is 5.13. The number of anilines is 1. The van der Waals surface area contributed by atoms with E-state index in [1.165, 1.54) is 4.31 Å². The average Bonchev–Trinajstić information content (AvgIpc) is 3.23. The van der Waals surface area contributed by atoms with Gasteiger partial charge in [0, 0.05) is 31.7 Å². The minimum atomic E-state index is -3.69. The van der Waals surface area contributed by atoms with Crippen LogP contribution in [0.2, 0.25) is 0 Å². The fraction of sp³-hybridized carbons (Fsp3) is 0.400. The van der Waals surface area contributed by atoms with Gasteiger partial charge in [-0.2, -0.15) is 4.31 Å². The van der Waals surface area contributed by atoms with Gasteiger partial charge in [0.2, 0.25) is 15.9 Å². The summed E-state index contributed by atoms with van der Waals surface area (Å²) in [5.41, 5.74) is 4.50. The Morgan fingerprint density at radius 1 is 1.03 bits per heavy atom. The van der Waals surface area contributed by atoms with Crippen molar-refractivity contribution in [3.8, 4) is 11.3 Å². The quantitative estimate of drug-likeness (QED) is 0.487. The van der Waals surface area contributed by atoms with Crippen molar-refractivity contribution in [2.75, 3.05) is 37.7 Å². The first kappa shape index (κ1) is 23.5. The van der Waals surface area contributed by atoms with E-state index in [1.807, 2.05) is 57.2 Å². The zero-order valence-corrected chi connectivity index (χ0v) is 20.3. The Labute approximate surface area is 196 Å². The van der Waals surface area contributed by atoms with E-state index < -0.39 is 10.0 Å². The summed E-state index contributed by atoms with van der Waals surface area (Å²) in [5, 5.41) is 4.40. The van der Waals surface area contributed by atoms with E-state index in [0.29, 0.717) is 55.7 Å². The highest BCUT2D eigenvalue weighted by molar-refractivity contribution is 7.89. The smallest absolute Gasteiger partial charge is 0.243 e. The van der Waals surface area contributed by atoms with Crippen molar-refractivity contribution in [3.05, 3.63) is 65.2 Å². The number of morpholine rings is 1. The van der Waals surface area contributed by atoms with Crippen molar-refractivity contribution < 1.29 is 17.7 Å². The van der Waals surface area contributed by atoms with E-state index in [0.717, 1.165) is 22.3 Å². The van der Waals surface area contributed by atoms with Crippen molar-refractivity contribution in [2.45, 2.75) is 38.6 Å². The molecule has 0 spiro atoms. The number of hydrogen-bond donors (Lipinski definition) is 0. The molecule has 8 heteroatoms. The summed E-state index contributed by atoms with van der Waals surface area (Å²) in [6.45, 7) is 9.08. The van der Waals surface area contributed by atoms with Crippen molar-refractivity contribution in [1.29, 1.82) is 0 Å². The van der Waals surface area contributed by atoms with Gasteiger partial charge in [-0.15, -0.1) is 0 Å². The fourth-order valence-electron chi connectivity index (χ4n) is 4.05. The van der Waals surface area contributed by atoms with Gasteiger partial charge in [-0.25, -0.2) is 8.42 Å². The van der Waals surface area contributed by atoms with E-state index in [2.05, 4.69) is 10.1 Å². The first-order chi connectivity index (χ1) is 15.9. The highest BCUT2D eigenvalue weighted by atomic mass is 32.2. The van der Waals surface area contributed by atoms with Crippen LogP contribution in [-0.2, 0) is 21.3 Å². The number of sulfonamides is 1. The minimum Gasteiger partial charge on any atom is -0.378 e. The summed E-state index contributed by atoms with van der Waals surface area (Å²) in [6.07, 6.45) is 0.697. The SMILES string of the molecule is CCCN(Cc1c(-c2cccc(C)c2)noc1N1CCOCC1)S(=O)(=O)c1ccc(C)cc1. The molecule has 7 nitrogen and oxygen atoms in total. The number of aryl methyl sites for hydroxylation is 2. The second kappa shape index (κ2) is 10.1. The monoisotopic (exact) mass is 469 g/mol. The van der Waals surface area contributed by atoms with Gasteiger partial charge in [-0.05, 0) is 38.5 Å². The van der Waals surface area contributed by atoms with E-state index >= 15 is 0 Å². The van der Waals surface area contributed by atoms with E-state index in [9.17, 15) is 8.42 Å². The molecule has 2 heterocycles. The molecule has 176 valence electrons. The van der Waals surface area contributed by atoms with Crippen LogP contribution < -0.4 is 4.90 Å². The average molecular weight is 470 g/mol. The molecule has 1 saturated heterocycles. The number of aromatic nitrogens is 1. The predicted octanol–water partition coefficient (Wildman–Crippen LogP) is 4.40. The van der Waals surface area contributed by atoms with Crippen LogP contribution in [0.3, 0.4) is 0 Å². The maximum atomic E-state index is 13.6. The van der Waals surface area contributed by atoms with Crippen LogP contribution in [0.15, 0.2) is 57.9 Å². The van der Waals surface area contributed by atoms with Crippen molar-refractivity contribution in [2.24, 2.45) is 0 Å². The molecule has 3 aromatic rings. The highest BCUT2D eigenvalue weighted by Crippen LogP contribution is 2.34. The predicted molar refractivity (Wildman–Crippen MR) is 129 cm³/mol. The Morgan fingerprint density at radius 2 is 1.76 bits per heavy atom. The maximum absolute atomic E-state index is 13.6. The summed E-state index contributed by atoms with van der Waals surface area (Å²) >= 11 is 0. The molecule has 0 N–H and O–H groups in total. The molecular weight excluding hydrogens is 438 g/mol. The Balaban J connectivity index is 1.77. The molecule has 0 amide bonds. The van der Waals surface area contributed by atoms with Crippen LogP contribution >= 0.6 is 0 Å². The topological polar surface area (TPSA) is 75.9 Å². The van der Waals surface area contributed by atoms with Gasteiger partial charge in [0.1, 0.15) is 5.69 Å². The lowest BCUT2D eigenvalue weighted by atomic mass is 10.0. The second-order valence-corrected chi connectivity index (χ2v) is 10.4. The summed E-state index contributed by atoms with van der Waals surface area (Å²) in [4.78, 5) is 2.39. The Kier molecular flexibility index (Phi) is 7.17. The highest BCUT2D eigenvalue weighted by Gasteiger charge is 2.30. The Hall–Kier alpha value is -2.68. The van der Waals surface area contributed by atoms with Gasteiger partial charge in [0.15, 0.2) is 0 Å². The molecule has 0 saturated carbocycles. The fourth-order valence-corrected chi connectivity index (χ4v) is 5.55. The largest absolute Gasteiger partial charge is 0.378 e. The minimum absolute atomic E-state index is 0.184. The van der Waals surface area contributed by atoms with E-state index in [4.69, 9.17) is 9.26 Å². The van der Waals surface area contributed by atoms with Crippen LogP contribution in [0.5, 0.6) is 0 Å². The second-order valence-electron chi connectivity index (χ2n) is 8.44. The molecule has 1 fully saturated rings. The first-order valence-electron chi connectivity index (χ1n) is 11.3. The number of ether oxygens (including phenoxy) is 1. The van der Waals surface area contributed by atoms with Crippen LogP contribution in [0.4, 0.5) is 5.88 Å². The Morgan fingerprint density at radius 3 is 2.42 bits per heavy atom.